The van der Waals surface area contributed by atoms with Gasteiger partial charge in [0, 0.05) is 54.5 Å². The maximum atomic E-state index is 5.53. The summed E-state index contributed by atoms with van der Waals surface area (Å²) in [5.74, 6) is 0.741. The Hall–Kier alpha value is -1.92. The van der Waals surface area contributed by atoms with Crippen molar-refractivity contribution in [3.8, 4) is 0 Å². The van der Waals surface area contributed by atoms with Crippen LogP contribution in [-0.2, 0) is 28.9 Å². The van der Waals surface area contributed by atoms with Gasteiger partial charge in [0.1, 0.15) is 0 Å². The maximum Gasteiger partial charge on any atom is 0.0594 e. The third kappa shape index (κ3) is 7.64. The molecule has 3 heterocycles. The van der Waals surface area contributed by atoms with E-state index in [9.17, 15) is 0 Å². The van der Waals surface area contributed by atoms with Crippen molar-refractivity contribution in [3.63, 3.8) is 0 Å². The van der Waals surface area contributed by atoms with Crippen LogP contribution in [0.1, 0.15) is 63.5 Å². The summed E-state index contributed by atoms with van der Waals surface area (Å²) in [7, 11) is 0. The van der Waals surface area contributed by atoms with Gasteiger partial charge in [0.15, 0.2) is 0 Å². The second kappa shape index (κ2) is 14.6. The van der Waals surface area contributed by atoms with E-state index in [2.05, 4.69) is 64.6 Å². The number of benzene rings is 2. The Labute approximate surface area is 236 Å². The molecule has 0 radical (unpaired) electrons. The average molecular weight is 534 g/mol. The van der Waals surface area contributed by atoms with E-state index in [4.69, 9.17) is 9.47 Å². The normalized spacial score (nSPS) is 18.3. The zero-order valence-electron chi connectivity index (χ0n) is 24.6. The van der Waals surface area contributed by atoms with Gasteiger partial charge >= 0.3 is 0 Å². The summed E-state index contributed by atoms with van der Waals surface area (Å²) >= 11 is 0. The first kappa shape index (κ1) is 28.6. The molecule has 0 aliphatic carbocycles. The van der Waals surface area contributed by atoms with E-state index in [1.807, 2.05) is 0 Å². The molecular weight excluding hydrogens is 482 g/mol. The number of hydrogen-bond donors (Lipinski definition) is 0. The minimum absolute atomic E-state index is 0.741. The highest BCUT2D eigenvalue weighted by Crippen LogP contribution is 2.33. The second-order valence-electron chi connectivity index (χ2n) is 11.8. The molecule has 0 bridgehead atoms. The van der Waals surface area contributed by atoms with Crippen LogP contribution in [0.5, 0.6) is 0 Å². The molecule has 2 aliphatic heterocycles. The lowest BCUT2D eigenvalue weighted by atomic mass is 9.99. The van der Waals surface area contributed by atoms with E-state index in [0.29, 0.717) is 0 Å². The van der Waals surface area contributed by atoms with Crippen LogP contribution in [0.2, 0.25) is 0 Å². The third-order valence-electron chi connectivity index (χ3n) is 9.06. The quantitative estimate of drug-likeness (QED) is 0.235. The van der Waals surface area contributed by atoms with Crippen LogP contribution >= 0.6 is 0 Å². The van der Waals surface area contributed by atoms with Crippen molar-refractivity contribution in [2.75, 3.05) is 65.7 Å². The first-order valence-corrected chi connectivity index (χ1v) is 15.9. The van der Waals surface area contributed by atoms with E-state index in [1.54, 1.807) is 0 Å². The number of unbranched alkanes of at least 4 members (excludes halogenated alkanes) is 1. The van der Waals surface area contributed by atoms with Crippen LogP contribution in [0.15, 0.2) is 36.4 Å². The predicted molar refractivity (Wildman–Crippen MR) is 164 cm³/mol. The molecule has 3 aromatic rings. The van der Waals surface area contributed by atoms with E-state index in [-0.39, 0.29) is 0 Å². The molecule has 0 spiro atoms. The van der Waals surface area contributed by atoms with Crippen molar-refractivity contribution in [1.29, 1.82) is 0 Å². The first-order chi connectivity index (χ1) is 19.2. The summed E-state index contributed by atoms with van der Waals surface area (Å²) in [6.45, 7) is 16.0. The van der Waals surface area contributed by atoms with Crippen LogP contribution in [-0.4, -0.2) is 80.1 Å². The molecule has 5 rings (SSSR count). The van der Waals surface area contributed by atoms with Crippen molar-refractivity contribution < 1.29 is 9.47 Å². The number of hydrogen-bond acceptors (Lipinski definition) is 4. The van der Waals surface area contributed by atoms with Crippen LogP contribution in [0.25, 0.3) is 21.8 Å². The SMILES string of the molecule is CCCCC(CC)Cn1c2ccc(CCCN3CCOCC3)cc2c2cc(CCCN3CCOCC3)ccc21. The van der Waals surface area contributed by atoms with Gasteiger partial charge in [0.25, 0.3) is 0 Å². The monoisotopic (exact) mass is 533 g/mol. The fraction of sp³-hybridized carbons (Fsp3) is 0.647. The van der Waals surface area contributed by atoms with Gasteiger partial charge in [-0.1, -0.05) is 45.2 Å². The molecule has 0 saturated carbocycles. The molecule has 214 valence electrons. The first-order valence-electron chi connectivity index (χ1n) is 15.9. The van der Waals surface area contributed by atoms with Crippen LogP contribution in [0.4, 0.5) is 0 Å². The number of ether oxygens (including phenoxy) is 2. The number of fused-ring (bicyclic) bond motifs is 3. The Morgan fingerprint density at radius 2 is 1.21 bits per heavy atom. The van der Waals surface area contributed by atoms with Crippen molar-refractivity contribution in [1.82, 2.24) is 14.4 Å². The molecule has 2 fully saturated rings. The molecule has 39 heavy (non-hydrogen) atoms. The van der Waals surface area contributed by atoms with Gasteiger partial charge < -0.3 is 14.0 Å². The van der Waals surface area contributed by atoms with Crippen LogP contribution in [0.3, 0.4) is 0 Å². The number of aromatic nitrogens is 1. The van der Waals surface area contributed by atoms with Crippen molar-refractivity contribution in [2.24, 2.45) is 5.92 Å². The largest absolute Gasteiger partial charge is 0.379 e. The topological polar surface area (TPSA) is 29.9 Å². The third-order valence-corrected chi connectivity index (χ3v) is 9.06. The van der Waals surface area contributed by atoms with E-state index >= 15 is 0 Å². The summed E-state index contributed by atoms with van der Waals surface area (Å²) in [5.41, 5.74) is 5.79. The zero-order chi connectivity index (χ0) is 26.9. The molecule has 2 saturated heterocycles. The summed E-state index contributed by atoms with van der Waals surface area (Å²) in [4.78, 5) is 5.11. The van der Waals surface area contributed by atoms with Gasteiger partial charge in [-0.25, -0.2) is 0 Å². The average Bonchev–Trinajstić information content (AvgIpc) is 3.28. The van der Waals surface area contributed by atoms with Gasteiger partial charge in [-0.2, -0.15) is 0 Å². The predicted octanol–water partition coefficient (Wildman–Crippen LogP) is 6.54. The van der Waals surface area contributed by atoms with Crippen molar-refractivity contribution >= 4 is 21.8 Å². The zero-order valence-corrected chi connectivity index (χ0v) is 24.6. The summed E-state index contributed by atoms with van der Waals surface area (Å²) < 4.78 is 13.7. The Balaban J connectivity index is 1.36. The molecule has 1 atom stereocenters. The lowest BCUT2D eigenvalue weighted by molar-refractivity contribution is 0.0374. The molecule has 0 N–H and O–H groups in total. The molecule has 0 amide bonds. The summed E-state index contributed by atoms with van der Waals surface area (Å²) in [6, 6.07) is 14.7. The number of nitrogens with zero attached hydrogens (tertiary/aromatic N) is 3. The highest BCUT2D eigenvalue weighted by molar-refractivity contribution is 6.08. The smallest absolute Gasteiger partial charge is 0.0594 e. The van der Waals surface area contributed by atoms with E-state index < -0.39 is 0 Å². The van der Waals surface area contributed by atoms with E-state index in [0.717, 1.165) is 77.9 Å². The minimum atomic E-state index is 0.741. The fourth-order valence-corrected chi connectivity index (χ4v) is 6.54. The van der Waals surface area contributed by atoms with Crippen LogP contribution < -0.4 is 0 Å². The Morgan fingerprint density at radius 1 is 0.692 bits per heavy atom. The molecule has 2 aromatic carbocycles. The lowest BCUT2D eigenvalue weighted by Crippen LogP contribution is -2.36. The van der Waals surface area contributed by atoms with E-state index in [1.165, 1.54) is 84.5 Å². The standard InChI is InChI=1S/C34H51N3O2/c1-3-5-8-28(4-2)27-37-33-13-11-29(9-6-15-35-17-21-38-22-18-35)25-31(33)32-26-30(12-14-34(32)37)10-7-16-36-19-23-39-24-20-36/h11-14,25-26,28H,3-10,15-24,27H2,1-2H3. The van der Waals surface area contributed by atoms with Gasteiger partial charge in [-0.3, -0.25) is 9.80 Å². The Bertz CT molecular complexity index is 1080. The second-order valence-corrected chi connectivity index (χ2v) is 11.8. The van der Waals surface area contributed by atoms with Gasteiger partial charge in [0.05, 0.1) is 26.4 Å². The van der Waals surface area contributed by atoms with Crippen molar-refractivity contribution in [3.05, 3.63) is 47.5 Å². The number of morpholine rings is 2. The van der Waals surface area contributed by atoms with Gasteiger partial charge in [-0.05, 0) is 86.5 Å². The minimum Gasteiger partial charge on any atom is -0.379 e. The molecule has 5 nitrogen and oxygen atoms in total. The highest BCUT2D eigenvalue weighted by Gasteiger charge is 2.17. The Kier molecular flexibility index (Phi) is 10.7. The molecule has 1 aromatic heterocycles. The lowest BCUT2D eigenvalue weighted by Gasteiger charge is -2.26. The molecule has 5 heteroatoms. The Morgan fingerprint density at radius 3 is 1.67 bits per heavy atom. The molecular formula is C34H51N3O2. The van der Waals surface area contributed by atoms with Crippen LogP contribution in [0, 0.1) is 5.92 Å². The molecule has 2 aliphatic rings. The van der Waals surface area contributed by atoms with Gasteiger partial charge in [0.2, 0.25) is 0 Å². The van der Waals surface area contributed by atoms with Gasteiger partial charge in [-0.15, -0.1) is 0 Å². The highest BCUT2D eigenvalue weighted by atomic mass is 16.5. The number of rotatable bonds is 14. The summed E-state index contributed by atoms with van der Waals surface area (Å²) in [5, 5.41) is 2.91. The molecule has 1 unspecified atom stereocenters. The number of aryl methyl sites for hydroxylation is 2. The maximum absolute atomic E-state index is 5.53. The van der Waals surface area contributed by atoms with Crippen molar-refractivity contribution in [2.45, 2.75) is 71.8 Å². The fourth-order valence-electron chi connectivity index (χ4n) is 6.54. The summed E-state index contributed by atoms with van der Waals surface area (Å²) in [6.07, 6.45) is 9.91.